The third-order valence-corrected chi connectivity index (χ3v) is 5.15. The highest BCUT2D eigenvalue weighted by molar-refractivity contribution is 7.16. The minimum Gasteiger partial charge on any atom is -0.493 e. The first kappa shape index (κ1) is 20.5. The van der Waals surface area contributed by atoms with Gasteiger partial charge in [-0.15, -0.1) is 6.42 Å². The van der Waals surface area contributed by atoms with Crippen molar-refractivity contribution in [1.82, 2.24) is 4.57 Å². The van der Waals surface area contributed by atoms with Gasteiger partial charge in [0.15, 0.2) is 16.3 Å². The van der Waals surface area contributed by atoms with E-state index in [4.69, 9.17) is 20.6 Å². The molecule has 7 heteroatoms. The van der Waals surface area contributed by atoms with Crippen LogP contribution in [0.25, 0.3) is 10.2 Å². The third-order valence-electron chi connectivity index (χ3n) is 4.11. The first-order chi connectivity index (χ1) is 14.0. The van der Waals surface area contributed by atoms with Crippen LogP contribution in [0.4, 0.5) is 0 Å². The van der Waals surface area contributed by atoms with Gasteiger partial charge in [-0.05, 0) is 38.1 Å². The zero-order valence-corrected chi connectivity index (χ0v) is 17.6. The molecule has 3 aromatic rings. The maximum Gasteiger partial charge on any atom is 0.279 e. The number of ether oxygens (including phenoxy) is 3. The smallest absolute Gasteiger partial charge is 0.279 e. The molecule has 0 radical (unpaired) electrons. The summed E-state index contributed by atoms with van der Waals surface area (Å²) in [5, 5.41) is 0. The number of benzene rings is 2. The number of carbonyl (C=O) groups is 1. The highest BCUT2D eigenvalue weighted by Gasteiger charge is 2.13. The van der Waals surface area contributed by atoms with Crippen LogP contribution in [0.3, 0.4) is 0 Å². The molecular formula is C22H22N2O4S. The summed E-state index contributed by atoms with van der Waals surface area (Å²) in [6.45, 7) is 4.18. The van der Waals surface area contributed by atoms with Crippen molar-refractivity contribution in [2.24, 2.45) is 4.99 Å². The lowest BCUT2D eigenvalue weighted by atomic mass is 10.2. The zero-order chi connectivity index (χ0) is 21.0. The fraction of sp³-hybridized carbons (Fsp3) is 0.273. The summed E-state index contributed by atoms with van der Waals surface area (Å²) in [4.78, 5) is 17.5. The number of hydrogen-bond donors (Lipinski definition) is 0. The van der Waals surface area contributed by atoms with E-state index in [2.05, 4.69) is 10.9 Å². The number of methoxy groups -OCH3 is 2. The molecule has 0 aliphatic carbocycles. The van der Waals surface area contributed by atoms with Crippen molar-refractivity contribution in [2.45, 2.75) is 26.5 Å². The number of amides is 1. The van der Waals surface area contributed by atoms with E-state index in [9.17, 15) is 4.79 Å². The van der Waals surface area contributed by atoms with Crippen LogP contribution in [0.5, 0.6) is 17.2 Å². The molecule has 0 fully saturated rings. The molecule has 0 aliphatic rings. The van der Waals surface area contributed by atoms with E-state index < -0.39 is 0 Å². The highest BCUT2D eigenvalue weighted by atomic mass is 32.1. The van der Waals surface area contributed by atoms with Crippen LogP contribution in [0.1, 0.15) is 24.2 Å². The molecule has 0 bridgehead atoms. The molecule has 1 heterocycles. The predicted molar refractivity (Wildman–Crippen MR) is 114 cm³/mol. The summed E-state index contributed by atoms with van der Waals surface area (Å²) in [5.41, 5.74) is 1.30. The van der Waals surface area contributed by atoms with E-state index in [0.29, 0.717) is 27.6 Å². The van der Waals surface area contributed by atoms with Crippen molar-refractivity contribution < 1.29 is 19.0 Å². The summed E-state index contributed by atoms with van der Waals surface area (Å²) in [5.74, 6) is 4.17. The Morgan fingerprint density at radius 1 is 1.17 bits per heavy atom. The second-order valence-corrected chi connectivity index (χ2v) is 7.47. The number of aromatic nitrogens is 1. The van der Waals surface area contributed by atoms with Gasteiger partial charge in [0.05, 0.1) is 37.1 Å². The molecule has 0 atom stereocenters. The van der Waals surface area contributed by atoms with Gasteiger partial charge in [0.1, 0.15) is 5.75 Å². The SMILES string of the molecule is C#CCn1c(=NC(=O)c2ccc(OC(C)C)cc2)sc2cc(OC)c(OC)cc21. The van der Waals surface area contributed by atoms with E-state index in [-0.39, 0.29) is 18.6 Å². The molecule has 0 aliphatic heterocycles. The Morgan fingerprint density at radius 2 is 1.83 bits per heavy atom. The molecule has 0 saturated carbocycles. The predicted octanol–water partition coefficient (Wildman–Crippen LogP) is 3.88. The minimum atomic E-state index is -0.350. The number of rotatable bonds is 6. The summed E-state index contributed by atoms with van der Waals surface area (Å²) < 4.78 is 19.1. The molecule has 2 aromatic carbocycles. The van der Waals surface area contributed by atoms with Gasteiger partial charge in [-0.25, -0.2) is 0 Å². The largest absolute Gasteiger partial charge is 0.493 e. The van der Waals surface area contributed by atoms with Crippen molar-refractivity contribution in [3.63, 3.8) is 0 Å². The van der Waals surface area contributed by atoms with Crippen LogP contribution >= 0.6 is 11.3 Å². The maximum absolute atomic E-state index is 12.7. The zero-order valence-electron chi connectivity index (χ0n) is 16.8. The summed E-state index contributed by atoms with van der Waals surface area (Å²) >= 11 is 1.37. The van der Waals surface area contributed by atoms with Crippen molar-refractivity contribution >= 4 is 27.5 Å². The van der Waals surface area contributed by atoms with Crippen molar-refractivity contribution in [3.8, 4) is 29.6 Å². The Morgan fingerprint density at radius 3 is 2.41 bits per heavy atom. The van der Waals surface area contributed by atoms with Gasteiger partial charge in [-0.3, -0.25) is 4.79 Å². The number of terminal acetylenes is 1. The molecule has 0 spiro atoms. The topological polar surface area (TPSA) is 62.1 Å². The highest BCUT2D eigenvalue weighted by Crippen LogP contribution is 2.33. The Hall–Kier alpha value is -3.24. The van der Waals surface area contributed by atoms with Crippen LogP contribution in [0.15, 0.2) is 41.4 Å². The summed E-state index contributed by atoms with van der Waals surface area (Å²) in [7, 11) is 3.15. The lowest BCUT2D eigenvalue weighted by Gasteiger charge is -2.09. The van der Waals surface area contributed by atoms with Gasteiger partial charge < -0.3 is 18.8 Å². The quantitative estimate of drug-likeness (QED) is 0.579. The van der Waals surface area contributed by atoms with Gasteiger partial charge in [-0.1, -0.05) is 17.3 Å². The number of hydrogen-bond acceptors (Lipinski definition) is 5. The van der Waals surface area contributed by atoms with Crippen LogP contribution < -0.4 is 19.0 Å². The van der Waals surface area contributed by atoms with Crippen LogP contribution in [0.2, 0.25) is 0 Å². The van der Waals surface area contributed by atoms with Gasteiger partial charge in [-0.2, -0.15) is 4.99 Å². The molecule has 0 N–H and O–H groups in total. The normalized spacial score (nSPS) is 11.5. The fourth-order valence-electron chi connectivity index (χ4n) is 2.83. The molecule has 1 aromatic heterocycles. The Balaban J connectivity index is 2.05. The first-order valence-electron chi connectivity index (χ1n) is 9.01. The Bertz CT molecular complexity index is 1130. The van der Waals surface area contributed by atoms with Gasteiger partial charge in [0.2, 0.25) is 0 Å². The van der Waals surface area contributed by atoms with Crippen molar-refractivity contribution in [2.75, 3.05) is 14.2 Å². The standard InChI is InChI=1S/C22H22N2O4S/c1-6-11-24-17-12-18(26-4)19(27-5)13-20(17)29-22(24)23-21(25)15-7-9-16(10-8-15)28-14(2)3/h1,7-10,12-14H,11H2,2-5H3. The number of fused-ring (bicyclic) bond motifs is 1. The van der Waals surface area contributed by atoms with Crippen LogP contribution in [-0.4, -0.2) is 30.8 Å². The van der Waals surface area contributed by atoms with E-state index >= 15 is 0 Å². The molecule has 1 amide bonds. The van der Waals surface area contributed by atoms with Crippen LogP contribution in [-0.2, 0) is 6.54 Å². The van der Waals surface area contributed by atoms with Gasteiger partial charge >= 0.3 is 0 Å². The lowest BCUT2D eigenvalue weighted by Crippen LogP contribution is -2.16. The number of nitrogens with zero attached hydrogens (tertiary/aromatic N) is 2. The van der Waals surface area contributed by atoms with E-state index in [1.54, 1.807) is 38.5 Å². The van der Waals surface area contributed by atoms with Crippen molar-refractivity contribution in [1.29, 1.82) is 0 Å². The summed E-state index contributed by atoms with van der Waals surface area (Å²) in [6.07, 6.45) is 5.61. The minimum absolute atomic E-state index is 0.0662. The Labute approximate surface area is 173 Å². The fourth-order valence-corrected chi connectivity index (χ4v) is 3.86. The van der Waals surface area contributed by atoms with E-state index in [0.717, 1.165) is 10.2 Å². The monoisotopic (exact) mass is 410 g/mol. The lowest BCUT2D eigenvalue weighted by molar-refractivity contribution is 0.0998. The average molecular weight is 410 g/mol. The number of carbonyl (C=O) groups excluding carboxylic acids is 1. The molecule has 6 nitrogen and oxygen atoms in total. The molecule has 3 rings (SSSR count). The molecular weight excluding hydrogens is 388 g/mol. The molecule has 0 unspecified atom stereocenters. The summed E-state index contributed by atoms with van der Waals surface area (Å²) in [6, 6.07) is 10.6. The third kappa shape index (κ3) is 4.44. The average Bonchev–Trinajstić information content (AvgIpc) is 3.03. The first-order valence-corrected chi connectivity index (χ1v) is 9.83. The van der Waals surface area contributed by atoms with Crippen molar-refractivity contribution in [3.05, 3.63) is 46.8 Å². The Kier molecular flexibility index (Phi) is 6.25. The molecule has 150 valence electrons. The van der Waals surface area contributed by atoms with E-state index in [1.165, 1.54) is 11.3 Å². The van der Waals surface area contributed by atoms with Gasteiger partial charge in [0.25, 0.3) is 5.91 Å². The van der Waals surface area contributed by atoms with E-state index in [1.807, 2.05) is 30.5 Å². The molecule has 0 saturated heterocycles. The second kappa shape index (κ2) is 8.84. The maximum atomic E-state index is 12.7. The molecule has 29 heavy (non-hydrogen) atoms. The van der Waals surface area contributed by atoms with Gasteiger partial charge in [0, 0.05) is 17.7 Å². The second-order valence-electron chi connectivity index (χ2n) is 6.46. The van der Waals surface area contributed by atoms with Crippen LogP contribution in [0, 0.1) is 12.3 Å². The number of thiazole rings is 1.